The molecular formula is C12H5BrClFN2S. The first-order chi connectivity index (χ1) is 8.66. The highest BCUT2D eigenvalue weighted by Gasteiger charge is 2.15. The molecule has 0 aliphatic carbocycles. The van der Waals surface area contributed by atoms with Gasteiger partial charge in [-0.15, -0.1) is 11.3 Å². The Bertz CT molecular complexity index is 724. The van der Waals surface area contributed by atoms with Crippen LogP contribution in [0, 0.1) is 5.82 Å². The van der Waals surface area contributed by atoms with Crippen LogP contribution in [0.15, 0.2) is 35.1 Å². The highest BCUT2D eigenvalue weighted by atomic mass is 79.9. The van der Waals surface area contributed by atoms with Crippen LogP contribution in [0.3, 0.4) is 0 Å². The van der Waals surface area contributed by atoms with E-state index in [-0.39, 0.29) is 5.82 Å². The zero-order valence-corrected chi connectivity index (χ0v) is 12.0. The maximum Gasteiger partial charge on any atom is 0.134 e. The fourth-order valence-electron chi connectivity index (χ4n) is 1.63. The molecule has 0 saturated heterocycles. The summed E-state index contributed by atoms with van der Waals surface area (Å²) in [6, 6.07) is 6.39. The van der Waals surface area contributed by atoms with Crippen LogP contribution in [-0.2, 0) is 0 Å². The molecule has 0 aliphatic rings. The van der Waals surface area contributed by atoms with E-state index in [1.54, 1.807) is 24.4 Å². The number of rotatable bonds is 1. The zero-order chi connectivity index (χ0) is 12.7. The summed E-state index contributed by atoms with van der Waals surface area (Å²) in [5, 5.41) is 0.917. The number of nitrogens with zero attached hydrogens (tertiary/aromatic N) is 2. The molecule has 6 heteroatoms. The van der Waals surface area contributed by atoms with Crippen LogP contribution in [0.1, 0.15) is 0 Å². The number of aromatic nitrogens is 2. The standard InChI is InChI=1S/C12H5BrClFN2S/c13-11-10-8(4-5-16-11)17-12(18-10)9-6(14)2-1-3-7(9)15/h1-5H. The smallest absolute Gasteiger partial charge is 0.134 e. The van der Waals surface area contributed by atoms with E-state index in [0.29, 0.717) is 20.2 Å². The third-order valence-corrected chi connectivity index (χ3v) is 4.71. The van der Waals surface area contributed by atoms with Crippen molar-refractivity contribution in [1.29, 1.82) is 0 Å². The third-order valence-electron chi connectivity index (χ3n) is 2.44. The van der Waals surface area contributed by atoms with Gasteiger partial charge in [0.1, 0.15) is 15.4 Å². The lowest BCUT2D eigenvalue weighted by atomic mass is 10.2. The van der Waals surface area contributed by atoms with Gasteiger partial charge < -0.3 is 0 Å². The average Bonchev–Trinajstić information content (AvgIpc) is 2.74. The normalized spacial score (nSPS) is 11.1. The predicted molar refractivity (Wildman–Crippen MR) is 75.5 cm³/mol. The summed E-state index contributed by atoms with van der Waals surface area (Å²) in [7, 11) is 0. The minimum Gasteiger partial charge on any atom is -0.248 e. The lowest BCUT2D eigenvalue weighted by Crippen LogP contribution is -1.84. The molecule has 90 valence electrons. The van der Waals surface area contributed by atoms with Crippen LogP contribution in [-0.4, -0.2) is 9.97 Å². The molecule has 3 aromatic rings. The molecule has 3 rings (SSSR count). The minimum absolute atomic E-state index is 0.340. The molecule has 0 fully saturated rings. The number of pyridine rings is 1. The minimum atomic E-state index is -0.370. The Morgan fingerprint density at radius 1 is 1.28 bits per heavy atom. The fourth-order valence-corrected chi connectivity index (χ4v) is 3.51. The molecule has 0 atom stereocenters. The van der Waals surface area contributed by atoms with Crippen LogP contribution in [0.5, 0.6) is 0 Å². The highest BCUT2D eigenvalue weighted by molar-refractivity contribution is 9.10. The Hall–Kier alpha value is -1.04. The molecular weight excluding hydrogens is 339 g/mol. The second kappa shape index (κ2) is 4.57. The van der Waals surface area contributed by atoms with Gasteiger partial charge in [-0.05, 0) is 34.1 Å². The average molecular weight is 344 g/mol. The van der Waals surface area contributed by atoms with Crippen LogP contribution in [0.25, 0.3) is 20.8 Å². The van der Waals surface area contributed by atoms with E-state index < -0.39 is 0 Å². The molecule has 0 spiro atoms. The molecule has 2 aromatic heterocycles. The van der Waals surface area contributed by atoms with Gasteiger partial charge in [0.25, 0.3) is 0 Å². The van der Waals surface area contributed by atoms with E-state index in [2.05, 4.69) is 25.9 Å². The third kappa shape index (κ3) is 1.92. The highest BCUT2D eigenvalue weighted by Crippen LogP contribution is 2.37. The van der Waals surface area contributed by atoms with Gasteiger partial charge in [0.15, 0.2) is 0 Å². The Morgan fingerprint density at radius 2 is 2.11 bits per heavy atom. The number of fused-ring (bicyclic) bond motifs is 1. The van der Waals surface area contributed by atoms with Gasteiger partial charge in [0.2, 0.25) is 0 Å². The van der Waals surface area contributed by atoms with Gasteiger partial charge in [-0.25, -0.2) is 14.4 Å². The van der Waals surface area contributed by atoms with Gasteiger partial charge in [0.05, 0.1) is 20.8 Å². The van der Waals surface area contributed by atoms with Crippen molar-refractivity contribution >= 4 is 49.1 Å². The van der Waals surface area contributed by atoms with Crippen molar-refractivity contribution in [3.05, 3.63) is 45.9 Å². The fraction of sp³-hybridized carbons (Fsp3) is 0. The maximum absolute atomic E-state index is 13.8. The predicted octanol–water partition coefficient (Wildman–Crippen LogP) is 4.91. The Kier molecular flexibility index (Phi) is 3.05. The lowest BCUT2D eigenvalue weighted by Gasteiger charge is -2.00. The van der Waals surface area contributed by atoms with Crippen LogP contribution >= 0.6 is 38.9 Å². The molecule has 0 radical (unpaired) electrons. The van der Waals surface area contributed by atoms with Crippen molar-refractivity contribution in [2.24, 2.45) is 0 Å². The molecule has 0 saturated carbocycles. The van der Waals surface area contributed by atoms with Gasteiger partial charge in [-0.1, -0.05) is 17.7 Å². The number of hydrogen-bond acceptors (Lipinski definition) is 3. The summed E-state index contributed by atoms with van der Waals surface area (Å²) in [5.41, 5.74) is 1.11. The first-order valence-electron chi connectivity index (χ1n) is 5.02. The van der Waals surface area contributed by atoms with E-state index in [1.165, 1.54) is 17.4 Å². The second-order valence-corrected chi connectivity index (χ2v) is 5.72. The summed E-state index contributed by atoms with van der Waals surface area (Å²) in [6.45, 7) is 0. The van der Waals surface area contributed by atoms with Gasteiger partial charge in [0, 0.05) is 6.20 Å². The van der Waals surface area contributed by atoms with Crippen LogP contribution in [0.2, 0.25) is 5.02 Å². The van der Waals surface area contributed by atoms with Crippen molar-refractivity contribution in [3.63, 3.8) is 0 Å². The van der Waals surface area contributed by atoms with Crippen LogP contribution in [0.4, 0.5) is 4.39 Å². The molecule has 2 nitrogen and oxygen atoms in total. The zero-order valence-electron chi connectivity index (χ0n) is 8.82. The summed E-state index contributed by atoms with van der Waals surface area (Å²) in [4.78, 5) is 8.51. The largest absolute Gasteiger partial charge is 0.248 e. The molecule has 18 heavy (non-hydrogen) atoms. The summed E-state index contributed by atoms with van der Waals surface area (Å²) in [5.74, 6) is -0.370. The van der Waals surface area contributed by atoms with E-state index in [0.717, 1.165) is 10.2 Å². The second-order valence-electron chi connectivity index (χ2n) is 3.57. The van der Waals surface area contributed by atoms with Gasteiger partial charge >= 0.3 is 0 Å². The topological polar surface area (TPSA) is 25.8 Å². The molecule has 0 aliphatic heterocycles. The van der Waals surface area contributed by atoms with Crippen molar-refractivity contribution in [2.45, 2.75) is 0 Å². The molecule has 0 unspecified atom stereocenters. The Labute approximate surface area is 120 Å². The summed E-state index contributed by atoms with van der Waals surface area (Å²) in [6.07, 6.45) is 1.65. The maximum atomic E-state index is 13.8. The number of benzene rings is 1. The van der Waals surface area contributed by atoms with E-state index in [4.69, 9.17) is 11.6 Å². The lowest BCUT2D eigenvalue weighted by molar-refractivity contribution is 0.631. The summed E-state index contributed by atoms with van der Waals surface area (Å²) >= 11 is 10.7. The monoisotopic (exact) mass is 342 g/mol. The van der Waals surface area contributed by atoms with Crippen LogP contribution < -0.4 is 0 Å². The van der Waals surface area contributed by atoms with E-state index in [1.807, 2.05) is 0 Å². The first-order valence-corrected chi connectivity index (χ1v) is 7.01. The Morgan fingerprint density at radius 3 is 2.83 bits per heavy atom. The molecule has 2 heterocycles. The van der Waals surface area contributed by atoms with Crippen molar-refractivity contribution in [1.82, 2.24) is 9.97 Å². The van der Waals surface area contributed by atoms with Gasteiger partial charge in [-0.3, -0.25) is 0 Å². The number of hydrogen-bond donors (Lipinski definition) is 0. The quantitative estimate of drug-likeness (QED) is 0.587. The van der Waals surface area contributed by atoms with Crippen molar-refractivity contribution in [3.8, 4) is 10.6 Å². The van der Waals surface area contributed by atoms with E-state index >= 15 is 0 Å². The number of thiazole rings is 1. The van der Waals surface area contributed by atoms with Crippen molar-refractivity contribution < 1.29 is 4.39 Å². The van der Waals surface area contributed by atoms with Crippen molar-refractivity contribution in [2.75, 3.05) is 0 Å². The van der Waals surface area contributed by atoms with Gasteiger partial charge in [-0.2, -0.15) is 0 Å². The molecule has 0 bridgehead atoms. The Balaban J connectivity index is 2.30. The molecule has 0 N–H and O–H groups in total. The summed E-state index contributed by atoms with van der Waals surface area (Å²) < 4.78 is 15.4. The molecule has 1 aromatic carbocycles. The SMILES string of the molecule is Fc1cccc(Cl)c1-c1nc2ccnc(Br)c2s1. The first kappa shape index (κ1) is 12.0. The number of halogens is 3. The molecule has 0 amide bonds. The van der Waals surface area contributed by atoms with E-state index in [9.17, 15) is 4.39 Å².